The molecule has 3 aromatic carbocycles. The highest BCUT2D eigenvalue weighted by Crippen LogP contribution is 2.30. The molecule has 2 N–H and O–H groups in total. The van der Waals surface area contributed by atoms with Gasteiger partial charge in [-0.1, -0.05) is 42.5 Å². The summed E-state index contributed by atoms with van der Waals surface area (Å²) in [6, 6.07) is 22.5. The average Bonchev–Trinajstić information content (AvgIpc) is 3.17. The number of carbonyl (C=O) groups excluding carboxylic acids is 2. The number of anilines is 2. The third kappa shape index (κ3) is 4.32. The average molecular weight is 450 g/mol. The molecule has 3 aromatic rings. The lowest BCUT2D eigenvalue weighted by Crippen LogP contribution is -2.29. The Morgan fingerprint density at radius 1 is 0.966 bits per heavy atom. The molecular formula is C23H20BrN3O2. The Morgan fingerprint density at radius 2 is 1.72 bits per heavy atom. The second kappa shape index (κ2) is 8.49. The van der Waals surface area contributed by atoms with Crippen LogP contribution in [0.15, 0.2) is 77.3 Å². The first-order chi connectivity index (χ1) is 14.1. The van der Waals surface area contributed by atoms with Gasteiger partial charge in [-0.05, 0) is 63.8 Å². The van der Waals surface area contributed by atoms with Crippen molar-refractivity contribution in [2.75, 3.05) is 16.8 Å². The Labute approximate surface area is 177 Å². The Bertz CT molecular complexity index is 1050. The van der Waals surface area contributed by atoms with Gasteiger partial charge in [0.15, 0.2) is 0 Å². The zero-order chi connectivity index (χ0) is 20.2. The summed E-state index contributed by atoms with van der Waals surface area (Å²) in [6.45, 7) is 1.04. The Balaban J connectivity index is 1.44. The number of rotatable bonds is 4. The molecule has 3 amide bonds. The second-order valence-corrected chi connectivity index (χ2v) is 7.68. The van der Waals surface area contributed by atoms with Gasteiger partial charge in [-0.3, -0.25) is 4.79 Å². The van der Waals surface area contributed by atoms with Crippen molar-refractivity contribution in [3.63, 3.8) is 0 Å². The standard InChI is InChI=1S/C23H20BrN3O2/c24-19-8-4-5-9-20(19)26-23(29)25-15-16-10-11-17-12-13-27(21(17)14-16)22(28)18-6-2-1-3-7-18/h1-11,14H,12-13,15H2,(H2,25,26,29). The zero-order valence-corrected chi connectivity index (χ0v) is 17.3. The van der Waals surface area contributed by atoms with Gasteiger partial charge in [-0.25, -0.2) is 4.79 Å². The number of hydrogen-bond acceptors (Lipinski definition) is 2. The molecule has 0 aromatic heterocycles. The molecule has 1 aliphatic rings. The van der Waals surface area contributed by atoms with Gasteiger partial charge in [0.1, 0.15) is 0 Å². The lowest BCUT2D eigenvalue weighted by Gasteiger charge is -2.18. The molecule has 6 heteroatoms. The van der Waals surface area contributed by atoms with Crippen LogP contribution >= 0.6 is 15.9 Å². The maximum Gasteiger partial charge on any atom is 0.319 e. The maximum absolute atomic E-state index is 12.9. The highest BCUT2D eigenvalue weighted by atomic mass is 79.9. The zero-order valence-electron chi connectivity index (χ0n) is 15.7. The Hall–Kier alpha value is -3.12. The van der Waals surface area contributed by atoms with Crippen LogP contribution in [0.3, 0.4) is 0 Å². The monoisotopic (exact) mass is 449 g/mol. The summed E-state index contributed by atoms with van der Waals surface area (Å²) in [4.78, 5) is 26.9. The molecule has 146 valence electrons. The van der Waals surface area contributed by atoms with Crippen LogP contribution in [0.1, 0.15) is 21.5 Å². The number of halogens is 1. The van der Waals surface area contributed by atoms with Crippen molar-refractivity contribution in [2.45, 2.75) is 13.0 Å². The normalized spacial score (nSPS) is 12.4. The minimum absolute atomic E-state index is 0.00105. The van der Waals surface area contributed by atoms with E-state index in [1.165, 1.54) is 0 Å². The van der Waals surface area contributed by atoms with Crippen molar-refractivity contribution in [1.82, 2.24) is 5.32 Å². The fourth-order valence-corrected chi connectivity index (χ4v) is 3.78. The van der Waals surface area contributed by atoms with Crippen LogP contribution in [-0.2, 0) is 13.0 Å². The number of fused-ring (bicyclic) bond motifs is 1. The summed E-state index contributed by atoms with van der Waals surface area (Å²) < 4.78 is 0.822. The molecule has 5 nitrogen and oxygen atoms in total. The number of benzene rings is 3. The summed E-state index contributed by atoms with van der Waals surface area (Å²) in [6.07, 6.45) is 0.837. The van der Waals surface area contributed by atoms with E-state index in [0.29, 0.717) is 24.3 Å². The molecule has 0 unspecified atom stereocenters. The van der Waals surface area contributed by atoms with Crippen LogP contribution in [-0.4, -0.2) is 18.5 Å². The van der Waals surface area contributed by atoms with Crippen LogP contribution in [0.5, 0.6) is 0 Å². The van der Waals surface area contributed by atoms with E-state index in [2.05, 4.69) is 26.6 Å². The largest absolute Gasteiger partial charge is 0.334 e. The summed E-state index contributed by atoms with van der Waals surface area (Å²) in [7, 11) is 0. The summed E-state index contributed by atoms with van der Waals surface area (Å²) in [5.41, 5.74) is 4.40. The smallest absolute Gasteiger partial charge is 0.319 e. The van der Waals surface area contributed by atoms with E-state index in [1.54, 1.807) is 0 Å². The van der Waals surface area contributed by atoms with Gasteiger partial charge in [0, 0.05) is 28.8 Å². The van der Waals surface area contributed by atoms with Crippen LogP contribution in [0.4, 0.5) is 16.2 Å². The quantitative estimate of drug-likeness (QED) is 0.590. The predicted molar refractivity (Wildman–Crippen MR) is 118 cm³/mol. The maximum atomic E-state index is 12.9. The molecule has 1 heterocycles. The molecule has 29 heavy (non-hydrogen) atoms. The number of hydrogen-bond donors (Lipinski definition) is 2. The minimum Gasteiger partial charge on any atom is -0.334 e. The van der Waals surface area contributed by atoms with E-state index in [1.807, 2.05) is 77.7 Å². The fourth-order valence-electron chi connectivity index (χ4n) is 3.39. The lowest BCUT2D eigenvalue weighted by molar-refractivity contribution is 0.0989. The number of urea groups is 1. The molecule has 0 saturated carbocycles. The molecule has 0 spiro atoms. The van der Waals surface area contributed by atoms with Gasteiger partial charge in [-0.15, -0.1) is 0 Å². The molecule has 0 radical (unpaired) electrons. The first kappa shape index (κ1) is 19.2. The first-order valence-electron chi connectivity index (χ1n) is 9.40. The van der Waals surface area contributed by atoms with E-state index in [4.69, 9.17) is 0 Å². The second-order valence-electron chi connectivity index (χ2n) is 6.82. The molecule has 1 aliphatic heterocycles. The molecule has 0 saturated heterocycles. The number of amides is 3. The molecular weight excluding hydrogens is 430 g/mol. The van der Waals surface area contributed by atoms with E-state index >= 15 is 0 Å². The first-order valence-corrected chi connectivity index (χ1v) is 10.2. The van der Waals surface area contributed by atoms with Crippen LogP contribution in [0.25, 0.3) is 0 Å². The lowest BCUT2D eigenvalue weighted by atomic mass is 10.1. The Kier molecular flexibility index (Phi) is 5.62. The summed E-state index contributed by atoms with van der Waals surface area (Å²) in [5, 5.41) is 5.69. The fraction of sp³-hybridized carbons (Fsp3) is 0.130. The highest BCUT2D eigenvalue weighted by Gasteiger charge is 2.25. The molecule has 0 bridgehead atoms. The summed E-state index contributed by atoms with van der Waals surface area (Å²) in [5.74, 6) is 0.00105. The van der Waals surface area contributed by atoms with Crippen LogP contribution < -0.4 is 15.5 Å². The van der Waals surface area contributed by atoms with Crippen LogP contribution in [0.2, 0.25) is 0 Å². The molecule has 0 fully saturated rings. The third-order valence-corrected chi connectivity index (χ3v) is 5.58. The van der Waals surface area contributed by atoms with Crippen molar-refractivity contribution in [3.8, 4) is 0 Å². The van der Waals surface area contributed by atoms with E-state index in [9.17, 15) is 9.59 Å². The van der Waals surface area contributed by atoms with E-state index in [0.717, 1.165) is 27.7 Å². The van der Waals surface area contributed by atoms with Crippen LogP contribution in [0, 0.1) is 0 Å². The minimum atomic E-state index is -0.283. The Morgan fingerprint density at radius 3 is 2.52 bits per heavy atom. The predicted octanol–water partition coefficient (Wildman–Crippen LogP) is 4.97. The molecule has 0 aliphatic carbocycles. The van der Waals surface area contributed by atoms with E-state index < -0.39 is 0 Å². The SMILES string of the molecule is O=C(NCc1ccc2c(c1)N(C(=O)c1ccccc1)CC2)Nc1ccccc1Br. The number of carbonyl (C=O) groups is 2. The molecule has 4 rings (SSSR count). The topological polar surface area (TPSA) is 61.4 Å². The molecule has 0 atom stereocenters. The highest BCUT2D eigenvalue weighted by molar-refractivity contribution is 9.10. The number of nitrogens with one attached hydrogen (secondary N) is 2. The van der Waals surface area contributed by atoms with Crippen molar-refractivity contribution in [1.29, 1.82) is 0 Å². The van der Waals surface area contributed by atoms with E-state index in [-0.39, 0.29) is 11.9 Å². The third-order valence-electron chi connectivity index (χ3n) is 4.89. The van der Waals surface area contributed by atoms with Gasteiger partial charge in [0.2, 0.25) is 0 Å². The van der Waals surface area contributed by atoms with Crippen molar-refractivity contribution < 1.29 is 9.59 Å². The van der Waals surface area contributed by atoms with Gasteiger partial charge >= 0.3 is 6.03 Å². The van der Waals surface area contributed by atoms with Gasteiger partial charge in [0.05, 0.1) is 5.69 Å². The van der Waals surface area contributed by atoms with Gasteiger partial charge in [0.25, 0.3) is 5.91 Å². The summed E-state index contributed by atoms with van der Waals surface area (Å²) >= 11 is 3.41. The number of nitrogens with zero attached hydrogens (tertiary/aromatic N) is 1. The van der Waals surface area contributed by atoms with Crippen molar-refractivity contribution >= 4 is 39.2 Å². The van der Waals surface area contributed by atoms with Gasteiger partial charge < -0.3 is 15.5 Å². The van der Waals surface area contributed by atoms with Crippen molar-refractivity contribution in [3.05, 3.63) is 94.0 Å². The van der Waals surface area contributed by atoms with Gasteiger partial charge in [-0.2, -0.15) is 0 Å². The number of para-hydroxylation sites is 1. The van der Waals surface area contributed by atoms with Crippen molar-refractivity contribution in [2.24, 2.45) is 0 Å².